The molecule has 2 heterocycles. The van der Waals surface area contributed by atoms with E-state index < -0.39 is 18.3 Å². The van der Waals surface area contributed by atoms with Crippen LogP contribution in [-0.4, -0.2) is 41.8 Å². The minimum atomic E-state index is -3.01. The predicted molar refractivity (Wildman–Crippen MR) is 134 cm³/mol. The van der Waals surface area contributed by atoms with E-state index >= 15 is 0 Å². The van der Waals surface area contributed by atoms with Crippen LogP contribution in [0.3, 0.4) is 0 Å². The first kappa shape index (κ1) is 26.9. The number of anilines is 3. The number of carbonyl (C=O) groups excluding carboxylic acids is 1. The monoisotopic (exact) mass is 505 g/mol. The van der Waals surface area contributed by atoms with Crippen molar-refractivity contribution in [2.45, 2.75) is 45.9 Å². The molecule has 0 aliphatic rings. The van der Waals surface area contributed by atoms with Gasteiger partial charge in [-0.2, -0.15) is 8.78 Å². The molecule has 3 aromatic rings. The Labute approximate surface area is 207 Å². The number of benzene rings is 1. The third-order valence-corrected chi connectivity index (χ3v) is 5.58. The minimum absolute atomic E-state index is 0.0119. The van der Waals surface area contributed by atoms with Gasteiger partial charge in [-0.25, -0.2) is 9.37 Å². The zero-order valence-electron chi connectivity index (χ0n) is 20.4. The van der Waals surface area contributed by atoms with E-state index in [1.807, 2.05) is 13.8 Å². The maximum atomic E-state index is 14.8. The summed E-state index contributed by atoms with van der Waals surface area (Å²) < 4.78 is 52.3. The lowest BCUT2D eigenvalue weighted by atomic mass is 10.1. The molecule has 11 heteroatoms. The van der Waals surface area contributed by atoms with Crippen LogP contribution in [0.4, 0.5) is 30.5 Å². The fourth-order valence-electron chi connectivity index (χ4n) is 3.81. The molecule has 8 nitrogen and oxygen atoms in total. The molecule has 0 saturated heterocycles. The van der Waals surface area contributed by atoms with Gasteiger partial charge in [0.25, 0.3) is 5.91 Å². The van der Waals surface area contributed by atoms with E-state index in [1.54, 1.807) is 29.9 Å². The maximum Gasteiger partial charge on any atom is 0.387 e. The second-order valence-electron chi connectivity index (χ2n) is 8.33. The third kappa shape index (κ3) is 6.28. The highest BCUT2D eigenvalue weighted by atomic mass is 19.3. The van der Waals surface area contributed by atoms with Gasteiger partial charge in [0.05, 0.1) is 17.7 Å². The molecule has 1 aromatic carbocycles. The summed E-state index contributed by atoms with van der Waals surface area (Å²) in [4.78, 5) is 16.3. The fourth-order valence-corrected chi connectivity index (χ4v) is 3.81. The molecule has 1 atom stereocenters. The topological polar surface area (TPSA) is 103 Å². The van der Waals surface area contributed by atoms with Gasteiger partial charge >= 0.3 is 6.61 Å². The Morgan fingerprint density at radius 1 is 1.28 bits per heavy atom. The van der Waals surface area contributed by atoms with Gasteiger partial charge in [-0.05, 0) is 37.6 Å². The summed E-state index contributed by atoms with van der Waals surface area (Å²) >= 11 is 0. The second kappa shape index (κ2) is 11.8. The van der Waals surface area contributed by atoms with E-state index in [0.717, 1.165) is 18.1 Å². The van der Waals surface area contributed by atoms with Crippen molar-refractivity contribution in [2.24, 2.45) is 5.73 Å². The Bertz CT molecular complexity index is 1250. The molecule has 0 bridgehead atoms. The average molecular weight is 506 g/mol. The highest BCUT2D eigenvalue weighted by Gasteiger charge is 2.20. The van der Waals surface area contributed by atoms with Gasteiger partial charge in [0.1, 0.15) is 5.82 Å². The van der Waals surface area contributed by atoms with Crippen LogP contribution in [0.1, 0.15) is 37.0 Å². The summed E-state index contributed by atoms with van der Waals surface area (Å²) in [6, 6.07) is 5.74. The molecule has 0 saturated carbocycles. The van der Waals surface area contributed by atoms with Gasteiger partial charge < -0.3 is 30.4 Å². The molecule has 0 aliphatic carbocycles. The number of primary amides is 1. The number of ether oxygens (including phenoxy) is 2. The molecule has 4 N–H and O–H groups in total. The molecular formula is C25H30F3N5O3. The van der Waals surface area contributed by atoms with Crippen LogP contribution in [0.5, 0.6) is 5.75 Å². The van der Waals surface area contributed by atoms with Crippen molar-refractivity contribution in [3.05, 3.63) is 54.0 Å². The maximum absolute atomic E-state index is 14.8. The summed E-state index contributed by atoms with van der Waals surface area (Å²) in [5.41, 5.74) is 7.15. The summed E-state index contributed by atoms with van der Waals surface area (Å²) in [6.07, 6.45) is 3.02. The van der Waals surface area contributed by atoms with Gasteiger partial charge in [-0.3, -0.25) is 4.79 Å². The van der Waals surface area contributed by atoms with Crippen molar-refractivity contribution in [3.8, 4) is 5.75 Å². The lowest BCUT2D eigenvalue weighted by Gasteiger charge is -2.20. The highest BCUT2D eigenvalue weighted by Crippen LogP contribution is 2.33. The number of carbonyl (C=O) groups is 1. The van der Waals surface area contributed by atoms with Crippen LogP contribution in [0.25, 0.3) is 10.9 Å². The molecule has 1 unspecified atom stereocenters. The van der Waals surface area contributed by atoms with Crippen molar-refractivity contribution in [1.82, 2.24) is 9.55 Å². The first-order valence-electron chi connectivity index (χ1n) is 11.4. The van der Waals surface area contributed by atoms with Crippen LogP contribution in [0.2, 0.25) is 0 Å². The molecule has 0 radical (unpaired) electrons. The summed E-state index contributed by atoms with van der Waals surface area (Å²) in [5.74, 6) is -1.70. The predicted octanol–water partition coefficient (Wildman–Crippen LogP) is 5.42. The number of alkyl halides is 2. The molecule has 0 aliphatic heterocycles. The number of rotatable bonds is 13. The number of nitrogens with zero attached hydrogens (tertiary/aromatic N) is 2. The van der Waals surface area contributed by atoms with Gasteiger partial charge in [0, 0.05) is 37.0 Å². The van der Waals surface area contributed by atoms with E-state index in [-0.39, 0.29) is 29.0 Å². The van der Waals surface area contributed by atoms with E-state index in [9.17, 15) is 18.0 Å². The van der Waals surface area contributed by atoms with Crippen molar-refractivity contribution in [2.75, 3.05) is 24.4 Å². The molecular weight excluding hydrogens is 475 g/mol. The van der Waals surface area contributed by atoms with Crippen molar-refractivity contribution in [3.63, 3.8) is 0 Å². The van der Waals surface area contributed by atoms with E-state index in [0.29, 0.717) is 36.2 Å². The van der Waals surface area contributed by atoms with Gasteiger partial charge in [-0.15, -0.1) is 0 Å². The first-order chi connectivity index (χ1) is 17.1. The van der Waals surface area contributed by atoms with Crippen LogP contribution < -0.4 is 21.1 Å². The van der Waals surface area contributed by atoms with E-state index in [4.69, 9.17) is 15.2 Å². The number of nitrogens with one attached hydrogen (secondary N) is 2. The van der Waals surface area contributed by atoms with Crippen LogP contribution in [-0.2, 0) is 11.3 Å². The van der Waals surface area contributed by atoms with Gasteiger partial charge in [0.2, 0.25) is 0 Å². The number of pyridine rings is 1. The largest absolute Gasteiger partial charge is 0.433 e. The Hall–Kier alpha value is -3.73. The summed E-state index contributed by atoms with van der Waals surface area (Å²) in [7, 11) is 1.54. The third-order valence-electron chi connectivity index (χ3n) is 5.58. The van der Waals surface area contributed by atoms with Gasteiger partial charge in [0.15, 0.2) is 17.4 Å². The summed E-state index contributed by atoms with van der Waals surface area (Å²) in [6.45, 7) is 5.55. The number of hydrogen-bond donors (Lipinski definition) is 3. The lowest BCUT2D eigenvalue weighted by molar-refractivity contribution is -0.0489. The molecule has 0 spiro atoms. The van der Waals surface area contributed by atoms with Crippen molar-refractivity contribution < 1.29 is 27.4 Å². The zero-order chi connectivity index (χ0) is 26.4. The Kier molecular flexibility index (Phi) is 8.81. The molecule has 2 aromatic heterocycles. The number of aromatic nitrogens is 2. The Morgan fingerprint density at radius 2 is 2.03 bits per heavy atom. The van der Waals surface area contributed by atoms with Crippen molar-refractivity contribution >= 4 is 34.1 Å². The fraction of sp³-hybridized carbons (Fsp3) is 0.360. The first-order valence-corrected chi connectivity index (χ1v) is 11.4. The van der Waals surface area contributed by atoms with Gasteiger partial charge in [-0.1, -0.05) is 25.5 Å². The van der Waals surface area contributed by atoms with E-state index in [2.05, 4.69) is 22.2 Å². The Balaban J connectivity index is 2.02. The minimum Gasteiger partial charge on any atom is -0.433 e. The highest BCUT2D eigenvalue weighted by molar-refractivity contribution is 5.99. The van der Waals surface area contributed by atoms with Crippen LogP contribution in [0.15, 0.2) is 42.6 Å². The molecule has 194 valence electrons. The molecule has 36 heavy (non-hydrogen) atoms. The Morgan fingerprint density at radius 3 is 2.64 bits per heavy atom. The SMILES string of the molecule is C=C(C)C(CCC)Nc1nc(Nc2ccc3c(c2)c(OC(F)F)cn3CCOC)c(C(N)=O)cc1F. The average Bonchev–Trinajstić information content (AvgIpc) is 3.14. The smallest absolute Gasteiger partial charge is 0.387 e. The number of amides is 1. The standard InChI is InChI=1S/C25H30F3N5O3/c1-5-6-19(14(2)3)31-24-18(26)12-17(22(29)34)23(32-24)30-15-7-8-20-16(11-15)21(36-25(27)28)13-33(20)9-10-35-4/h7-8,11-13,19,25H,2,5-6,9-10H2,1,3-4H3,(H2,29,34)(H2,30,31,32). The molecule has 0 fully saturated rings. The molecule has 3 rings (SSSR count). The number of halogens is 3. The van der Waals surface area contributed by atoms with E-state index in [1.165, 1.54) is 6.20 Å². The number of hydrogen-bond acceptors (Lipinski definition) is 6. The number of fused-ring (bicyclic) bond motifs is 1. The zero-order valence-corrected chi connectivity index (χ0v) is 20.4. The second-order valence-corrected chi connectivity index (χ2v) is 8.33. The normalized spacial score (nSPS) is 12.1. The summed E-state index contributed by atoms with van der Waals surface area (Å²) in [5, 5.41) is 6.40. The number of methoxy groups -OCH3 is 1. The van der Waals surface area contributed by atoms with Crippen LogP contribution in [0, 0.1) is 5.82 Å². The lowest BCUT2D eigenvalue weighted by Crippen LogP contribution is -2.23. The molecule has 1 amide bonds. The van der Waals surface area contributed by atoms with Crippen molar-refractivity contribution in [1.29, 1.82) is 0 Å². The number of nitrogens with two attached hydrogens (primary N) is 1. The quantitative estimate of drug-likeness (QED) is 0.268. The van der Waals surface area contributed by atoms with Crippen LogP contribution >= 0.6 is 0 Å².